The van der Waals surface area contributed by atoms with Crippen molar-refractivity contribution in [1.29, 1.82) is 0 Å². The van der Waals surface area contributed by atoms with Gasteiger partial charge in [0, 0.05) is 16.8 Å². The summed E-state index contributed by atoms with van der Waals surface area (Å²) in [5.41, 5.74) is 4.75. The van der Waals surface area contributed by atoms with Gasteiger partial charge in [0.25, 0.3) is 5.91 Å². The van der Waals surface area contributed by atoms with Gasteiger partial charge in [0.1, 0.15) is 0 Å². The molecule has 0 fully saturated rings. The summed E-state index contributed by atoms with van der Waals surface area (Å²) in [7, 11) is 0. The predicted molar refractivity (Wildman–Crippen MR) is 105 cm³/mol. The van der Waals surface area contributed by atoms with Crippen LogP contribution in [0.25, 0.3) is 11.3 Å². The highest BCUT2D eigenvalue weighted by Gasteiger charge is 2.17. The molecule has 0 saturated heterocycles. The van der Waals surface area contributed by atoms with Crippen LogP contribution in [0.5, 0.6) is 0 Å². The molecule has 0 aliphatic carbocycles. The lowest BCUT2D eigenvalue weighted by Gasteiger charge is -2.20. The average Bonchev–Trinajstić information content (AvgIpc) is 3.16. The van der Waals surface area contributed by atoms with Crippen molar-refractivity contribution in [2.45, 2.75) is 39.5 Å². The zero-order valence-corrected chi connectivity index (χ0v) is 15.6. The van der Waals surface area contributed by atoms with Crippen LogP contribution in [0.3, 0.4) is 0 Å². The third-order valence-electron chi connectivity index (χ3n) is 4.48. The van der Waals surface area contributed by atoms with Gasteiger partial charge in [-0.25, -0.2) is 4.98 Å². The molecular formula is C22H24N2O2. The van der Waals surface area contributed by atoms with Crippen LogP contribution < -0.4 is 5.32 Å². The third-order valence-corrected chi connectivity index (χ3v) is 4.48. The van der Waals surface area contributed by atoms with Crippen molar-refractivity contribution in [2.24, 2.45) is 0 Å². The number of anilines is 1. The van der Waals surface area contributed by atoms with E-state index in [1.165, 1.54) is 6.39 Å². The summed E-state index contributed by atoms with van der Waals surface area (Å²) in [6.45, 7) is 8.56. The maximum atomic E-state index is 12.8. The van der Waals surface area contributed by atoms with Crippen LogP contribution in [0, 0.1) is 0 Å². The number of oxazole rings is 1. The molecule has 4 heteroatoms. The summed E-state index contributed by atoms with van der Waals surface area (Å²) in [6.07, 6.45) is 3.05. The van der Waals surface area contributed by atoms with Crippen molar-refractivity contribution < 1.29 is 9.21 Å². The Hall–Kier alpha value is -2.88. The van der Waals surface area contributed by atoms with Crippen LogP contribution in [-0.4, -0.2) is 10.9 Å². The minimum atomic E-state index is -0.107. The molecule has 1 heterocycles. The average molecular weight is 348 g/mol. The molecular weight excluding hydrogens is 324 g/mol. The topological polar surface area (TPSA) is 55.1 Å². The van der Waals surface area contributed by atoms with E-state index in [0.29, 0.717) is 23.2 Å². The fourth-order valence-electron chi connectivity index (χ4n) is 3.03. The van der Waals surface area contributed by atoms with Crippen LogP contribution in [0.15, 0.2) is 59.5 Å². The Morgan fingerprint density at radius 3 is 2.08 bits per heavy atom. The van der Waals surface area contributed by atoms with Gasteiger partial charge in [-0.1, -0.05) is 58.0 Å². The molecule has 1 amide bonds. The molecule has 0 spiro atoms. The van der Waals surface area contributed by atoms with Gasteiger partial charge >= 0.3 is 0 Å². The molecule has 0 aliphatic heterocycles. The van der Waals surface area contributed by atoms with E-state index < -0.39 is 0 Å². The standard InChI is InChI=1S/C22H24N2O2/c1-14(2)18-6-5-7-19(15(3)4)21(18)24-22(25)17-10-8-16(9-11-17)20-12-23-13-26-20/h5-15H,1-4H3,(H,24,25). The van der Waals surface area contributed by atoms with Gasteiger partial charge in [0.05, 0.1) is 6.20 Å². The molecule has 0 bridgehead atoms. The first-order valence-corrected chi connectivity index (χ1v) is 8.90. The zero-order valence-electron chi connectivity index (χ0n) is 15.6. The first-order chi connectivity index (χ1) is 12.5. The molecule has 0 saturated carbocycles. The van der Waals surface area contributed by atoms with Crippen molar-refractivity contribution in [3.63, 3.8) is 0 Å². The van der Waals surface area contributed by atoms with Crippen LogP contribution in [0.1, 0.15) is 61.0 Å². The van der Waals surface area contributed by atoms with Gasteiger partial charge < -0.3 is 9.73 Å². The molecule has 0 aliphatic rings. The number of para-hydroxylation sites is 1. The van der Waals surface area contributed by atoms with Crippen molar-refractivity contribution in [1.82, 2.24) is 4.98 Å². The largest absolute Gasteiger partial charge is 0.444 e. The first-order valence-electron chi connectivity index (χ1n) is 8.90. The molecule has 1 N–H and O–H groups in total. The van der Waals surface area contributed by atoms with E-state index in [1.54, 1.807) is 18.3 Å². The summed E-state index contributed by atoms with van der Waals surface area (Å²) in [5.74, 6) is 1.24. The van der Waals surface area contributed by atoms with Crippen LogP contribution in [0.4, 0.5) is 5.69 Å². The van der Waals surface area contributed by atoms with Crippen molar-refractivity contribution in [3.05, 3.63) is 71.7 Å². The maximum absolute atomic E-state index is 12.8. The lowest BCUT2D eigenvalue weighted by Crippen LogP contribution is -2.15. The third kappa shape index (κ3) is 3.69. The van der Waals surface area contributed by atoms with E-state index >= 15 is 0 Å². The molecule has 4 nitrogen and oxygen atoms in total. The summed E-state index contributed by atoms with van der Waals surface area (Å²) < 4.78 is 5.29. The van der Waals surface area contributed by atoms with Gasteiger partial charge in [-0.2, -0.15) is 0 Å². The minimum absolute atomic E-state index is 0.107. The van der Waals surface area contributed by atoms with E-state index in [2.05, 4.69) is 56.2 Å². The van der Waals surface area contributed by atoms with Gasteiger partial charge in [0.2, 0.25) is 0 Å². The molecule has 134 valence electrons. The minimum Gasteiger partial charge on any atom is -0.444 e. The number of rotatable bonds is 5. The van der Waals surface area contributed by atoms with E-state index in [4.69, 9.17) is 4.42 Å². The number of benzene rings is 2. The molecule has 0 unspecified atom stereocenters. The summed E-state index contributed by atoms with van der Waals surface area (Å²) >= 11 is 0. The monoisotopic (exact) mass is 348 g/mol. The fraction of sp³-hybridized carbons (Fsp3) is 0.273. The van der Waals surface area contributed by atoms with Crippen molar-refractivity contribution in [3.8, 4) is 11.3 Å². The summed E-state index contributed by atoms with van der Waals surface area (Å²) in [5, 5.41) is 3.14. The molecule has 2 aromatic carbocycles. The molecule has 3 rings (SSSR count). The maximum Gasteiger partial charge on any atom is 0.255 e. The highest BCUT2D eigenvalue weighted by atomic mass is 16.3. The van der Waals surface area contributed by atoms with E-state index in [9.17, 15) is 4.79 Å². The number of carbonyl (C=O) groups is 1. The highest BCUT2D eigenvalue weighted by Crippen LogP contribution is 2.32. The van der Waals surface area contributed by atoms with Crippen LogP contribution in [-0.2, 0) is 0 Å². The number of amides is 1. The van der Waals surface area contributed by atoms with E-state index in [-0.39, 0.29) is 5.91 Å². The Morgan fingerprint density at radius 2 is 1.58 bits per heavy atom. The van der Waals surface area contributed by atoms with E-state index in [1.807, 2.05) is 12.1 Å². The van der Waals surface area contributed by atoms with Crippen molar-refractivity contribution in [2.75, 3.05) is 5.32 Å². The quantitative estimate of drug-likeness (QED) is 0.630. The van der Waals surface area contributed by atoms with Crippen LogP contribution in [0.2, 0.25) is 0 Å². The normalized spacial score (nSPS) is 11.2. The van der Waals surface area contributed by atoms with Crippen molar-refractivity contribution >= 4 is 11.6 Å². The predicted octanol–water partition coefficient (Wildman–Crippen LogP) is 5.84. The Balaban J connectivity index is 1.88. The number of aromatic nitrogens is 1. The molecule has 3 aromatic rings. The fourth-order valence-corrected chi connectivity index (χ4v) is 3.03. The second kappa shape index (κ2) is 7.56. The molecule has 1 aromatic heterocycles. The highest BCUT2D eigenvalue weighted by molar-refractivity contribution is 6.05. The molecule has 0 atom stereocenters. The SMILES string of the molecule is CC(C)c1cccc(C(C)C)c1NC(=O)c1ccc(-c2cnco2)cc1. The zero-order chi connectivity index (χ0) is 18.7. The summed E-state index contributed by atoms with van der Waals surface area (Å²) in [4.78, 5) is 16.7. The Labute approximate surface area is 154 Å². The number of hydrogen-bond acceptors (Lipinski definition) is 3. The first kappa shape index (κ1) is 17.9. The van der Waals surface area contributed by atoms with E-state index in [0.717, 1.165) is 22.4 Å². The Kier molecular flexibility index (Phi) is 5.21. The Bertz CT molecular complexity index is 853. The van der Waals surface area contributed by atoms with Gasteiger partial charge in [0.15, 0.2) is 12.2 Å². The molecule has 26 heavy (non-hydrogen) atoms. The molecule has 0 radical (unpaired) electrons. The number of nitrogens with one attached hydrogen (secondary N) is 1. The van der Waals surface area contributed by atoms with Gasteiger partial charge in [-0.3, -0.25) is 4.79 Å². The van der Waals surface area contributed by atoms with Gasteiger partial charge in [-0.15, -0.1) is 0 Å². The summed E-state index contributed by atoms with van der Waals surface area (Å²) in [6, 6.07) is 13.6. The van der Waals surface area contributed by atoms with Crippen LogP contribution >= 0.6 is 0 Å². The lowest BCUT2D eigenvalue weighted by atomic mass is 9.92. The van der Waals surface area contributed by atoms with Gasteiger partial charge in [-0.05, 0) is 35.1 Å². The number of carbonyl (C=O) groups excluding carboxylic acids is 1. The Morgan fingerprint density at radius 1 is 0.962 bits per heavy atom. The second-order valence-corrected chi connectivity index (χ2v) is 7.02. The second-order valence-electron chi connectivity index (χ2n) is 7.02. The lowest BCUT2D eigenvalue weighted by molar-refractivity contribution is 0.102. The number of hydrogen-bond donors (Lipinski definition) is 1. The smallest absolute Gasteiger partial charge is 0.255 e. The number of nitrogens with zero attached hydrogens (tertiary/aromatic N) is 1.